The monoisotopic (exact) mass is 486 g/mol. The van der Waals surface area contributed by atoms with Gasteiger partial charge < -0.3 is 4.98 Å². The van der Waals surface area contributed by atoms with Crippen LogP contribution in [0.3, 0.4) is 0 Å². The summed E-state index contributed by atoms with van der Waals surface area (Å²) in [6.07, 6.45) is 4.16. The zero-order chi connectivity index (χ0) is 22.6. The van der Waals surface area contributed by atoms with Gasteiger partial charge in [0.1, 0.15) is 10.7 Å². The fraction of sp³-hybridized carbons (Fsp3) is 0.391. The van der Waals surface area contributed by atoms with Gasteiger partial charge in [0.2, 0.25) is 0 Å². The van der Waals surface area contributed by atoms with Crippen LogP contribution in [0.15, 0.2) is 32.9 Å². The molecule has 9 heteroatoms. The van der Waals surface area contributed by atoms with Crippen LogP contribution < -0.4 is 11.1 Å². The second kappa shape index (κ2) is 8.32. The maximum Gasteiger partial charge on any atom is 0.262 e. The average molecular weight is 487 g/mol. The minimum Gasteiger partial charge on any atom is -0.309 e. The summed E-state index contributed by atoms with van der Waals surface area (Å²) in [5.41, 5.74) is 1.42. The SMILES string of the molecule is Cc1sc2nc([C@H](C)Sc3nc4cc(Cl)ccc4c(=O)n3C3CCCC3)[nH]c(=O)c2c1C. The predicted molar refractivity (Wildman–Crippen MR) is 133 cm³/mol. The molecule has 0 bridgehead atoms. The van der Waals surface area contributed by atoms with Crippen LogP contribution in [0.4, 0.5) is 0 Å². The van der Waals surface area contributed by atoms with Gasteiger partial charge in [-0.25, -0.2) is 9.97 Å². The number of nitrogens with one attached hydrogen (secondary N) is 1. The summed E-state index contributed by atoms with van der Waals surface area (Å²) in [6, 6.07) is 5.36. The molecule has 3 heterocycles. The molecule has 0 amide bonds. The number of halogens is 1. The van der Waals surface area contributed by atoms with Crippen LogP contribution in [0.25, 0.3) is 21.1 Å². The van der Waals surface area contributed by atoms with Crippen molar-refractivity contribution in [2.24, 2.45) is 0 Å². The third-order valence-electron chi connectivity index (χ3n) is 6.25. The van der Waals surface area contributed by atoms with E-state index in [1.54, 1.807) is 18.2 Å². The number of rotatable bonds is 4. The van der Waals surface area contributed by atoms with Crippen LogP contribution in [0.5, 0.6) is 0 Å². The molecule has 166 valence electrons. The van der Waals surface area contributed by atoms with Gasteiger partial charge in [0.05, 0.1) is 21.5 Å². The number of H-pyrrole nitrogens is 1. The van der Waals surface area contributed by atoms with Gasteiger partial charge in [-0.15, -0.1) is 11.3 Å². The van der Waals surface area contributed by atoms with Crippen molar-refractivity contribution in [3.8, 4) is 0 Å². The highest BCUT2D eigenvalue weighted by Crippen LogP contribution is 2.37. The largest absolute Gasteiger partial charge is 0.309 e. The Balaban J connectivity index is 1.61. The lowest BCUT2D eigenvalue weighted by Gasteiger charge is -2.20. The van der Waals surface area contributed by atoms with E-state index >= 15 is 0 Å². The number of hydrogen-bond acceptors (Lipinski definition) is 6. The molecule has 0 saturated heterocycles. The average Bonchev–Trinajstić information content (AvgIpc) is 3.36. The first-order chi connectivity index (χ1) is 15.3. The Labute approximate surface area is 198 Å². The molecule has 0 radical (unpaired) electrons. The molecule has 32 heavy (non-hydrogen) atoms. The number of thiophene rings is 1. The van der Waals surface area contributed by atoms with Gasteiger partial charge in [0, 0.05) is 15.9 Å². The highest BCUT2D eigenvalue weighted by molar-refractivity contribution is 7.99. The first-order valence-corrected chi connectivity index (χ1v) is 12.8. The minimum absolute atomic E-state index is 0.0327. The quantitative estimate of drug-likeness (QED) is 0.285. The van der Waals surface area contributed by atoms with Gasteiger partial charge in [0.25, 0.3) is 11.1 Å². The molecule has 1 aliphatic carbocycles. The highest BCUT2D eigenvalue weighted by atomic mass is 35.5. The molecule has 0 unspecified atom stereocenters. The Hall–Kier alpha value is -2.16. The van der Waals surface area contributed by atoms with Crippen molar-refractivity contribution in [2.75, 3.05) is 0 Å². The van der Waals surface area contributed by atoms with E-state index in [2.05, 4.69) is 4.98 Å². The molecule has 1 atom stereocenters. The molecule has 4 aromatic rings. The first kappa shape index (κ1) is 21.7. The second-order valence-corrected chi connectivity index (χ2v) is 11.3. The van der Waals surface area contributed by atoms with E-state index in [1.807, 2.05) is 25.3 Å². The molecule has 1 aliphatic rings. The standard InChI is InChI=1S/C23H23ClN4O2S2/c1-11-12(2)31-21-18(11)20(29)26-19(27-21)13(3)32-23-25-17-10-14(24)8-9-16(17)22(30)28(23)15-6-4-5-7-15/h8-10,13,15H,4-7H2,1-3H3,(H,26,27,29)/t13-/m0/s1. The third-order valence-corrected chi connectivity index (χ3v) is 8.66. The zero-order valence-corrected chi connectivity index (χ0v) is 20.5. The molecular weight excluding hydrogens is 464 g/mol. The molecule has 1 saturated carbocycles. The Morgan fingerprint density at radius 3 is 2.72 bits per heavy atom. The molecule has 6 nitrogen and oxygen atoms in total. The van der Waals surface area contributed by atoms with Crippen LogP contribution in [0.1, 0.15) is 60.2 Å². The Morgan fingerprint density at radius 2 is 1.97 bits per heavy atom. The van der Waals surface area contributed by atoms with Gasteiger partial charge in [-0.3, -0.25) is 14.2 Å². The minimum atomic E-state index is -0.189. The number of hydrogen-bond donors (Lipinski definition) is 1. The van der Waals surface area contributed by atoms with Crippen LogP contribution in [-0.4, -0.2) is 19.5 Å². The van der Waals surface area contributed by atoms with E-state index in [9.17, 15) is 9.59 Å². The summed E-state index contributed by atoms with van der Waals surface area (Å²) in [5, 5.41) is 2.24. The highest BCUT2D eigenvalue weighted by Gasteiger charge is 2.25. The summed E-state index contributed by atoms with van der Waals surface area (Å²) in [4.78, 5) is 40.6. The molecule has 3 aromatic heterocycles. The van der Waals surface area contributed by atoms with Crippen LogP contribution in [0.2, 0.25) is 5.02 Å². The van der Waals surface area contributed by atoms with Gasteiger partial charge in [-0.05, 0) is 57.4 Å². The second-order valence-electron chi connectivity index (χ2n) is 8.34. The maximum atomic E-state index is 13.4. The van der Waals surface area contributed by atoms with Gasteiger partial charge >= 0.3 is 0 Å². The number of fused-ring (bicyclic) bond motifs is 2. The predicted octanol–water partition coefficient (Wildman–Crippen LogP) is 5.93. The van der Waals surface area contributed by atoms with E-state index < -0.39 is 0 Å². The molecule has 5 rings (SSSR count). The lowest BCUT2D eigenvalue weighted by Crippen LogP contribution is -2.26. The van der Waals surface area contributed by atoms with E-state index in [0.29, 0.717) is 32.3 Å². The zero-order valence-electron chi connectivity index (χ0n) is 18.1. The van der Waals surface area contributed by atoms with Gasteiger partial charge in [0.15, 0.2) is 5.16 Å². The summed E-state index contributed by atoms with van der Waals surface area (Å²) < 4.78 is 1.85. The van der Waals surface area contributed by atoms with Crippen LogP contribution >= 0.6 is 34.7 Å². The van der Waals surface area contributed by atoms with Crippen molar-refractivity contribution in [2.45, 2.75) is 62.9 Å². The number of nitrogens with zero attached hydrogens (tertiary/aromatic N) is 3. The molecule has 1 N–H and O–H groups in total. The number of benzene rings is 1. The van der Waals surface area contributed by atoms with Gasteiger partial charge in [-0.1, -0.05) is 36.2 Å². The van der Waals surface area contributed by atoms with E-state index in [4.69, 9.17) is 21.6 Å². The smallest absolute Gasteiger partial charge is 0.262 e. The summed E-state index contributed by atoms with van der Waals surface area (Å²) in [6.45, 7) is 5.94. The molecule has 0 aliphatic heterocycles. The molecule has 1 aromatic carbocycles. The summed E-state index contributed by atoms with van der Waals surface area (Å²) in [7, 11) is 0. The van der Waals surface area contributed by atoms with Crippen molar-refractivity contribution >= 4 is 55.8 Å². The van der Waals surface area contributed by atoms with E-state index in [1.165, 1.54) is 23.1 Å². The van der Waals surface area contributed by atoms with Crippen LogP contribution in [-0.2, 0) is 0 Å². The van der Waals surface area contributed by atoms with E-state index in [-0.39, 0.29) is 22.4 Å². The molecule has 1 fully saturated rings. The maximum absolute atomic E-state index is 13.4. The lowest BCUT2D eigenvalue weighted by molar-refractivity contribution is 0.457. The first-order valence-electron chi connectivity index (χ1n) is 10.7. The lowest BCUT2D eigenvalue weighted by atomic mass is 10.2. The Kier molecular flexibility index (Phi) is 5.63. The molecular formula is C23H23ClN4O2S2. The van der Waals surface area contributed by atoms with Crippen molar-refractivity contribution < 1.29 is 0 Å². The normalized spacial score (nSPS) is 15.8. The fourth-order valence-electron chi connectivity index (χ4n) is 4.40. The van der Waals surface area contributed by atoms with E-state index in [0.717, 1.165) is 41.0 Å². The van der Waals surface area contributed by atoms with Crippen LogP contribution in [0, 0.1) is 13.8 Å². The van der Waals surface area contributed by atoms with Crippen molar-refractivity contribution in [3.63, 3.8) is 0 Å². The fourth-order valence-corrected chi connectivity index (χ4v) is 6.64. The van der Waals surface area contributed by atoms with Gasteiger partial charge in [-0.2, -0.15) is 0 Å². The number of aromatic nitrogens is 4. The van der Waals surface area contributed by atoms with Crippen molar-refractivity contribution in [1.29, 1.82) is 0 Å². The summed E-state index contributed by atoms with van der Waals surface area (Å²) >= 11 is 9.16. The summed E-state index contributed by atoms with van der Waals surface area (Å²) in [5.74, 6) is 0.590. The topological polar surface area (TPSA) is 80.6 Å². The molecule has 0 spiro atoms. The number of aromatic amines is 1. The number of thioether (sulfide) groups is 1. The van der Waals surface area contributed by atoms with Crippen molar-refractivity contribution in [3.05, 3.63) is 60.2 Å². The Morgan fingerprint density at radius 1 is 1.22 bits per heavy atom. The van der Waals surface area contributed by atoms with Crippen molar-refractivity contribution in [1.82, 2.24) is 19.5 Å². The third kappa shape index (κ3) is 3.68. The number of aryl methyl sites for hydroxylation is 2. The Bertz CT molecular complexity index is 1470.